The molecule has 2 rings (SSSR count). The van der Waals surface area contributed by atoms with Crippen LogP contribution in [0.15, 0.2) is 45.9 Å². The van der Waals surface area contributed by atoms with E-state index < -0.39 is 14.9 Å². The molecule has 0 bridgehead atoms. The second kappa shape index (κ2) is 5.78. The molecule has 2 aromatic rings. The summed E-state index contributed by atoms with van der Waals surface area (Å²) in [5.41, 5.74) is 0.506. The minimum atomic E-state index is -3.91. The van der Waals surface area contributed by atoms with Crippen molar-refractivity contribution in [1.29, 1.82) is 0 Å². The highest BCUT2D eigenvalue weighted by Gasteiger charge is 2.18. The molecule has 1 aromatic heterocycles. The molecule has 110 valence electrons. The molecule has 0 aliphatic rings. The average Bonchev–Trinajstić information content (AvgIpc) is 2.42. The van der Waals surface area contributed by atoms with Gasteiger partial charge in [0.25, 0.3) is 15.7 Å². The Kier molecular flexibility index (Phi) is 4.24. The fourth-order valence-electron chi connectivity index (χ4n) is 1.61. The Bertz CT molecular complexity index is 808. The minimum absolute atomic E-state index is 0.181. The van der Waals surface area contributed by atoms with Crippen molar-refractivity contribution in [2.24, 2.45) is 0 Å². The topological polar surface area (TPSA) is 102 Å². The molecule has 0 unspecified atom stereocenters. The Balaban J connectivity index is 2.38. The van der Waals surface area contributed by atoms with E-state index >= 15 is 0 Å². The first-order valence-corrected chi connectivity index (χ1v) is 7.97. The lowest BCUT2D eigenvalue weighted by Crippen LogP contribution is -2.14. The lowest BCUT2D eigenvalue weighted by molar-refractivity contribution is -0.385. The molecule has 7 nitrogen and oxygen atoms in total. The zero-order chi connectivity index (χ0) is 15.6. The van der Waals surface area contributed by atoms with Crippen LogP contribution in [0.5, 0.6) is 0 Å². The van der Waals surface area contributed by atoms with E-state index in [1.54, 1.807) is 19.1 Å². The predicted molar refractivity (Wildman–Crippen MR) is 80.6 cm³/mol. The summed E-state index contributed by atoms with van der Waals surface area (Å²) in [6, 6.07) is 7.99. The van der Waals surface area contributed by atoms with Crippen molar-refractivity contribution in [2.75, 3.05) is 4.72 Å². The number of aromatic nitrogens is 1. The Morgan fingerprint density at radius 1 is 1.29 bits per heavy atom. The van der Waals surface area contributed by atoms with Gasteiger partial charge < -0.3 is 0 Å². The van der Waals surface area contributed by atoms with Crippen LogP contribution in [0.1, 0.15) is 5.69 Å². The van der Waals surface area contributed by atoms with E-state index in [-0.39, 0.29) is 10.6 Å². The lowest BCUT2D eigenvalue weighted by atomic mass is 10.3. The molecule has 0 aliphatic carbocycles. The van der Waals surface area contributed by atoms with E-state index in [0.29, 0.717) is 16.0 Å². The molecule has 0 spiro atoms. The van der Waals surface area contributed by atoms with Crippen LogP contribution in [-0.4, -0.2) is 18.3 Å². The van der Waals surface area contributed by atoms with Gasteiger partial charge in [-0.05, 0) is 41.1 Å². The molecule has 0 atom stereocenters. The van der Waals surface area contributed by atoms with Gasteiger partial charge in [-0.15, -0.1) is 0 Å². The SMILES string of the molecule is Cc1nc(Br)ccc1NS(=O)(=O)c1cccc([N+](=O)[O-])c1. The number of halogens is 1. The molecule has 9 heteroatoms. The Morgan fingerprint density at radius 3 is 2.62 bits per heavy atom. The normalized spacial score (nSPS) is 11.1. The van der Waals surface area contributed by atoms with Crippen molar-refractivity contribution in [3.05, 3.63) is 56.8 Å². The summed E-state index contributed by atoms with van der Waals surface area (Å²) in [5, 5.41) is 10.7. The smallest absolute Gasteiger partial charge is 0.270 e. The third-order valence-corrected chi connectivity index (χ3v) is 4.44. The summed E-state index contributed by atoms with van der Waals surface area (Å²) in [6.45, 7) is 1.65. The fraction of sp³-hybridized carbons (Fsp3) is 0.0833. The third-order valence-electron chi connectivity index (χ3n) is 2.63. The first-order chi connectivity index (χ1) is 9.79. The number of aryl methyl sites for hydroxylation is 1. The molecule has 0 fully saturated rings. The van der Waals surface area contributed by atoms with E-state index in [9.17, 15) is 18.5 Å². The van der Waals surface area contributed by atoms with Crippen LogP contribution in [0.25, 0.3) is 0 Å². The molecule has 21 heavy (non-hydrogen) atoms. The number of hydrogen-bond donors (Lipinski definition) is 1. The number of nitro benzene ring substituents is 1. The summed E-state index contributed by atoms with van der Waals surface area (Å²) in [7, 11) is -3.91. The molecule has 1 N–H and O–H groups in total. The highest BCUT2D eigenvalue weighted by atomic mass is 79.9. The molecule has 1 aromatic carbocycles. The first kappa shape index (κ1) is 15.4. The van der Waals surface area contributed by atoms with Gasteiger partial charge in [-0.25, -0.2) is 13.4 Å². The molecule has 0 amide bonds. The molecule has 1 heterocycles. The minimum Gasteiger partial charge on any atom is -0.278 e. The number of anilines is 1. The van der Waals surface area contributed by atoms with Gasteiger partial charge in [0.2, 0.25) is 0 Å². The van der Waals surface area contributed by atoms with Gasteiger partial charge in [0.05, 0.1) is 21.2 Å². The third kappa shape index (κ3) is 3.56. The highest BCUT2D eigenvalue weighted by Crippen LogP contribution is 2.22. The predicted octanol–water partition coefficient (Wildman–Crippen LogP) is 2.86. The zero-order valence-corrected chi connectivity index (χ0v) is 13.2. The number of benzene rings is 1. The maximum absolute atomic E-state index is 12.2. The van der Waals surface area contributed by atoms with Gasteiger partial charge in [-0.2, -0.15) is 0 Å². The van der Waals surface area contributed by atoms with Crippen molar-refractivity contribution in [2.45, 2.75) is 11.8 Å². The zero-order valence-electron chi connectivity index (χ0n) is 10.8. The molecule has 0 saturated carbocycles. The largest absolute Gasteiger partial charge is 0.278 e. The maximum atomic E-state index is 12.2. The number of sulfonamides is 1. The van der Waals surface area contributed by atoms with Crippen molar-refractivity contribution >= 4 is 37.3 Å². The summed E-state index contributed by atoms with van der Waals surface area (Å²) in [4.78, 5) is 14.0. The number of pyridine rings is 1. The molecule has 0 aliphatic heterocycles. The summed E-state index contributed by atoms with van der Waals surface area (Å²) in [5.74, 6) is 0. The summed E-state index contributed by atoms with van der Waals surface area (Å²) < 4.78 is 27.4. The standard InChI is InChI=1S/C12H10BrN3O4S/c1-8-11(5-6-12(13)14-8)15-21(19,20)10-4-2-3-9(7-10)16(17)18/h2-7,15H,1H3. The van der Waals surface area contributed by atoms with Gasteiger partial charge in [0.1, 0.15) is 4.60 Å². The van der Waals surface area contributed by atoms with E-state index in [4.69, 9.17) is 0 Å². The van der Waals surface area contributed by atoms with Crippen molar-refractivity contribution in [3.63, 3.8) is 0 Å². The number of nitrogens with zero attached hydrogens (tertiary/aromatic N) is 2. The monoisotopic (exact) mass is 371 g/mol. The van der Waals surface area contributed by atoms with Gasteiger partial charge in [-0.1, -0.05) is 6.07 Å². The van der Waals surface area contributed by atoms with Crippen LogP contribution in [0, 0.1) is 17.0 Å². The van der Waals surface area contributed by atoms with Gasteiger partial charge in [-0.3, -0.25) is 14.8 Å². The van der Waals surface area contributed by atoms with Gasteiger partial charge >= 0.3 is 0 Å². The summed E-state index contributed by atoms with van der Waals surface area (Å²) in [6.07, 6.45) is 0. The van der Waals surface area contributed by atoms with Crippen LogP contribution in [0.2, 0.25) is 0 Å². The van der Waals surface area contributed by atoms with Gasteiger partial charge in [0, 0.05) is 12.1 Å². The number of nitrogens with one attached hydrogen (secondary N) is 1. The molecular formula is C12H10BrN3O4S. The summed E-state index contributed by atoms with van der Waals surface area (Å²) >= 11 is 3.18. The van der Waals surface area contributed by atoms with Crippen molar-refractivity contribution < 1.29 is 13.3 Å². The second-order valence-corrected chi connectivity index (χ2v) is 6.62. The van der Waals surface area contributed by atoms with Crippen molar-refractivity contribution in [3.8, 4) is 0 Å². The quantitative estimate of drug-likeness (QED) is 0.505. The molecule has 0 radical (unpaired) electrons. The van der Waals surface area contributed by atoms with E-state index in [0.717, 1.165) is 6.07 Å². The van der Waals surface area contributed by atoms with Crippen LogP contribution < -0.4 is 4.72 Å². The highest BCUT2D eigenvalue weighted by molar-refractivity contribution is 9.10. The molecule has 0 saturated heterocycles. The van der Waals surface area contributed by atoms with Crippen LogP contribution in [0.3, 0.4) is 0 Å². The van der Waals surface area contributed by atoms with Crippen LogP contribution >= 0.6 is 15.9 Å². The van der Waals surface area contributed by atoms with E-state index in [1.165, 1.54) is 18.2 Å². The lowest BCUT2D eigenvalue weighted by Gasteiger charge is -2.10. The van der Waals surface area contributed by atoms with Gasteiger partial charge in [0.15, 0.2) is 0 Å². The van der Waals surface area contributed by atoms with Crippen LogP contribution in [-0.2, 0) is 10.0 Å². The average molecular weight is 372 g/mol. The van der Waals surface area contributed by atoms with Crippen LogP contribution in [0.4, 0.5) is 11.4 Å². The Hall–Kier alpha value is -2.00. The fourth-order valence-corrected chi connectivity index (χ4v) is 3.16. The van der Waals surface area contributed by atoms with Crippen molar-refractivity contribution in [1.82, 2.24) is 4.98 Å². The van der Waals surface area contributed by atoms with E-state index in [1.807, 2.05) is 0 Å². The van der Waals surface area contributed by atoms with E-state index in [2.05, 4.69) is 25.6 Å². The number of hydrogen-bond acceptors (Lipinski definition) is 5. The second-order valence-electron chi connectivity index (χ2n) is 4.13. The number of nitro groups is 1. The first-order valence-electron chi connectivity index (χ1n) is 5.70. The number of non-ortho nitro benzene ring substituents is 1. The molecular weight excluding hydrogens is 362 g/mol. The Morgan fingerprint density at radius 2 is 2.00 bits per heavy atom. The maximum Gasteiger partial charge on any atom is 0.270 e. The number of rotatable bonds is 4. The Labute approximate surface area is 129 Å².